The molecule has 0 saturated carbocycles. The van der Waals surface area contributed by atoms with Crippen LogP contribution < -0.4 is 57.1 Å². The molecule has 0 aromatic heterocycles. The van der Waals surface area contributed by atoms with E-state index in [1.54, 1.807) is 0 Å². The monoisotopic (exact) mass is 1160 g/mol. The normalized spacial score (nSPS) is 12.8. The fourth-order valence-electron chi connectivity index (χ4n) is 15.0. The minimum Gasteiger partial charge on any atom is -0.458 e. The predicted octanol–water partition coefficient (Wildman–Crippen LogP) is 18.3. The highest BCUT2D eigenvalue weighted by molar-refractivity contribution is 7.02. The van der Waals surface area contributed by atoms with E-state index in [0.717, 1.165) is 135 Å². The van der Waals surface area contributed by atoms with E-state index in [2.05, 4.69) is 359 Å². The number of rotatable bonds is 10. The van der Waals surface area contributed by atoms with Crippen LogP contribution in [0.2, 0.25) is 0 Å². The van der Waals surface area contributed by atoms with Crippen molar-refractivity contribution in [1.82, 2.24) is 0 Å². The van der Waals surface area contributed by atoms with Crippen LogP contribution in [0.15, 0.2) is 340 Å². The number of hydrogen-bond acceptors (Lipinski definition) is 5. The lowest BCUT2D eigenvalue weighted by molar-refractivity contribution is 0.488. The lowest BCUT2D eigenvalue weighted by Crippen LogP contribution is -2.64. The van der Waals surface area contributed by atoms with Gasteiger partial charge in [-0.3, -0.25) is 0 Å². The highest BCUT2D eigenvalue weighted by Crippen LogP contribution is 2.53. The van der Waals surface area contributed by atoms with Crippen LogP contribution in [-0.2, 0) is 0 Å². The minimum atomic E-state index is -0.208. The zero-order valence-electron chi connectivity index (χ0n) is 49.7. The predicted molar refractivity (Wildman–Crippen MR) is 383 cm³/mol. The second kappa shape index (κ2) is 21.5. The molecule has 0 spiro atoms. The van der Waals surface area contributed by atoms with Crippen molar-refractivity contribution in [1.29, 1.82) is 0 Å². The molecule has 424 valence electrons. The van der Waals surface area contributed by atoms with Crippen molar-refractivity contribution in [2.24, 2.45) is 0 Å². The van der Waals surface area contributed by atoms with E-state index in [1.807, 2.05) is 0 Å². The molecule has 0 atom stereocenters. The number of para-hydroxylation sites is 7. The second-order valence-electron chi connectivity index (χ2n) is 23.9. The Bertz CT molecular complexity index is 5020. The molecule has 0 saturated heterocycles. The van der Waals surface area contributed by atoms with Gasteiger partial charge in [-0.2, -0.15) is 0 Å². The van der Waals surface area contributed by atoms with Crippen LogP contribution in [0.1, 0.15) is 0 Å². The summed E-state index contributed by atoms with van der Waals surface area (Å²) in [6.07, 6.45) is 0. The average Bonchev–Trinajstić information content (AvgIpc) is 0.700. The summed E-state index contributed by atoms with van der Waals surface area (Å²) in [5, 5.41) is 0. The number of nitrogens with zero attached hydrogens (tertiary/aromatic N) is 4. The first-order valence-corrected chi connectivity index (χ1v) is 31.4. The maximum atomic E-state index is 7.81. The molecule has 0 radical (unpaired) electrons. The fraction of sp³-hybridized carbons (Fsp3) is 0. The molecule has 0 unspecified atom stereocenters. The first kappa shape index (κ1) is 52.3. The summed E-state index contributed by atoms with van der Waals surface area (Å²) >= 11 is 0. The van der Waals surface area contributed by atoms with Gasteiger partial charge >= 0.3 is 0 Å². The number of anilines is 12. The Morgan fingerprint density at radius 1 is 0.242 bits per heavy atom. The molecule has 14 aromatic carbocycles. The van der Waals surface area contributed by atoms with Gasteiger partial charge in [-0.25, -0.2) is 0 Å². The van der Waals surface area contributed by atoms with Gasteiger partial charge in [0.15, 0.2) is 0 Å². The Morgan fingerprint density at radius 3 is 1.26 bits per heavy atom. The van der Waals surface area contributed by atoms with Crippen LogP contribution >= 0.6 is 0 Å². The van der Waals surface area contributed by atoms with E-state index in [4.69, 9.17) is 4.74 Å². The number of hydrogen-bond donors (Lipinski definition) is 0. The third-order valence-corrected chi connectivity index (χ3v) is 18.8. The van der Waals surface area contributed by atoms with Gasteiger partial charge in [-0.15, -0.1) is 0 Å². The zero-order valence-corrected chi connectivity index (χ0v) is 49.7. The molecule has 4 heterocycles. The summed E-state index contributed by atoms with van der Waals surface area (Å²) < 4.78 is 7.81. The summed E-state index contributed by atoms with van der Waals surface area (Å²) in [5.41, 5.74) is 29.3. The van der Waals surface area contributed by atoms with Gasteiger partial charge < -0.3 is 24.3 Å². The van der Waals surface area contributed by atoms with Gasteiger partial charge in [0.1, 0.15) is 11.5 Å². The van der Waals surface area contributed by atoms with E-state index in [1.165, 1.54) is 21.9 Å². The molecule has 0 bridgehead atoms. The summed E-state index contributed by atoms with van der Waals surface area (Å²) in [4.78, 5) is 9.99. The number of benzene rings is 14. The van der Waals surface area contributed by atoms with E-state index in [0.29, 0.717) is 0 Å². The Morgan fingerprint density at radius 2 is 0.681 bits per heavy atom. The smallest absolute Gasteiger partial charge is 0.256 e. The third-order valence-electron chi connectivity index (χ3n) is 18.8. The summed E-state index contributed by atoms with van der Waals surface area (Å²) in [7, 11) is 0. The van der Waals surface area contributed by atoms with Gasteiger partial charge in [0.25, 0.3) is 13.4 Å². The first-order chi connectivity index (χ1) is 45.2. The van der Waals surface area contributed by atoms with Crippen molar-refractivity contribution in [2.45, 2.75) is 0 Å². The zero-order chi connectivity index (χ0) is 59.9. The van der Waals surface area contributed by atoms with Crippen LogP contribution in [0.3, 0.4) is 0 Å². The van der Waals surface area contributed by atoms with Gasteiger partial charge in [-0.05, 0) is 133 Å². The van der Waals surface area contributed by atoms with E-state index in [-0.39, 0.29) is 13.4 Å². The maximum absolute atomic E-state index is 7.81. The minimum absolute atomic E-state index is 0.195. The number of fused-ring (bicyclic) bond motifs is 8. The SMILES string of the molecule is c1ccc(-c2cc3c4c(c2)N(c2c(-c5ccccc5)cccc2-c2ccccc2)c2ccccc2B4c2cc4c(cc2N3c2ccccc2-c2ccccc2)Oc2cc(N(c3ccccc3)c3ccccc3)cc3c2B4c2ccccc2N3c2ccccc2)cc1. The summed E-state index contributed by atoms with van der Waals surface area (Å²) in [6.45, 7) is -0.404. The standard InChI is InChI=1S/C84H56B2N4O/c1-8-29-57(30-9-1)61-51-77-82-78(52-61)90(84-67(59-33-12-3-13-34-59)44-28-45-68(84)60-35-14-4-15-36-60)75-50-27-24-47-70(75)85(82)71-55-72-80(56-76(71)89(77)73-48-25-22-43-66(73)58-31-10-2-11-32-58)91-81-54-65(87(62-37-16-5-17-38-62)63-39-18-6-19-40-63)53-79-83(81)86(72)69-46-23-26-49-74(69)88(79)64-41-20-7-21-42-64/h1-56H. The molecule has 4 aliphatic heterocycles. The molecule has 7 heteroatoms. The first-order valence-electron chi connectivity index (χ1n) is 31.4. The van der Waals surface area contributed by atoms with Crippen LogP contribution in [-0.4, -0.2) is 13.4 Å². The van der Waals surface area contributed by atoms with Crippen molar-refractivity contribution < 1.29 is 4.74 Å². The van der Waals surface area contributed by atoms with E-state index < -0.39 is 0 Å². The fourth-order valence-corrected chi connectivity index (χ4v) is 15.0. The molecule has 0 N–H and O–H groups in total. The number of ether oxygens (including phenoxy) is 1. The molecule has 0 aliphatic carbocycles. The van der Waals surface area contributed by atoms with Crippen molar-refractivity contribution in [2.75, 3.05) is 19.6 Å². The average molecular weight is 1160 g/mol. The highest BCUT2D eigenvalue weighted by atomic mass is 16.5. The van der Waals surface area contributed by atoms with Crippen molar-refractivity contribution in [3.63, 3.8) is 0 Å². The van der Waals surface area contributed by atoms with Crippen LogP contribution in [0.4, 0.5) is 68.2 Å². The van der Waals surface area contributed by atoms with Crippen molar-refractivity contribution in [3.8, 4) is 56.0 Å². The molecular weight excluding hydrogens is 1100 g/mol. The second-order valence-corrected chi connectivity index (χ2v) is 23.9. The van der Waals surface area contributed by atoms with Crippen molar-refractivity contribution in [3.05, 3.63) is 340 Å². The molecular formula is C84H56B2N4O. The molecule has 14 aromatic rings. The molecule has 91 heavy (non-hydrogen) atoms. The van der Waals surface area contributed by atoms with Gasteiger partial charge in [-0.1, -0.05) is 255 Å². The largest absolute Gasteiger partial charge is 0.458 e. The van der Waals surface area contributed by atoms with Gasteiger partial charge in [0.05, 0.1) is 17.1 Å². The molecule has 4 aliphatic rings. The van der Waals surface area contributed by atoms with Crippen LogP contribution in [0.5, 0.6) is 11.5 Å². The Balaban J connectivity index is 0.947. The van der Waals surface area contributed by atoms with Crippen molar-refractivity contribution >= 4 is 114 Å². The molecule has 5 nitrogen and oxygen atoms in total. The van der Waals surface area contributed by atoms with E-state index in [9.17, 15) is 0 Å². The lowest BCUT2D eigenvalue weighted by Gasteiger charge is -2.46. The third kappa shape index (κ3) is 8.50. The quantitative estimate of drug-likeness (QED) is 0.127. The van der Waals surface area contributed by atoms with Gasteiger partial charge in [0, 0.05) is 80.0 Å². The van der Waals surface area contributed by atoms with Gasteiger partial charge in [0.2, 0.25) is 0 Å². The molecule has 0 amide bonds. The lowest BCUT2D eigenvalue weighted by atomic mass is 9.30. The highest BCUT2D eigenvalue weighted by Gasteiger charge is 2.48. The Hall–Kier alpha value is -11.8. The molecule has 18 rings (SSSR count). The Labute approximate surface area is 531 Å². The van der Waals surface area contributed by atoms with Crippen LogP contribution in [0.25, 0.3) is 44.5 Å². The van der Waals surface area contributed by atoms with E-state index >= 15 is 0 Å². The maximum Gasteiger partial charge on any atom is 0.256 e. The summed E-state index contributed by atoms with van der Waals surface area (Å²) in [6, 6.07) is 124. The topological polar surface area (TPSA) is 22.2 Å². The Kier molecular flexibility index (Phi) is 12.4. The summed E-state index contributed by atoms with van der Waals surface area (Å²) in [5.74, 6) is 1.65. The van der Waals surface area contributed by atoms with Crippen LogP contribution in [0, 0.1) is 0 Å². The molecule has 0 fully saturated rings.